The number of aromatic nitrogens is 2. The Morgan fingerprint density at radius 2 is 1.94 bits per heavy atom. The first-order valence-electron chi connectivity index (χ1n) is 11.0. The third-order valence-corrected chi connectivity index (χ3v) is 9.90. The third kappa shape index (κ3) is 4.17. The van der Waals surface area contributed by atoms with E-state index < -0.39 is 5.82 Å². The molecule has 9 heteroatoms. The van der Waals surface area contributed by atoms with E-state index in [1.54, 1.807) is 21.5 Å². The molecular weight excluding hydrogens is 467 g/mol. The summed E-state index contributed by atoms with van der Waals surface area (Å²) >= 11 is 9.93. The summed E-state index contributed by atoms with van der Waals surface area (Å²) in [4.78, 5) is 13.1. The minimum Gasteiger partial charge on any atom is -0.383 e. The smallest absolute Gasteiger partial charge is 0.261 e. The number of allylic oxidation sites excluding steroid dienone is 1. The van der Waals surface area contributed by atoms with Crippen LogP contribution in [0.1, 0.15) is 54.1 Å². The average Bonchev–Trinajstić information content (AvgIpc) is 3.43. The molecule has 0 radical (unpaired) electrons. The zero-order chi connectivity index (χ0) is 22.4. The quantitative estimate of drug-likeness (QED) is 0.547. The largest absolute Gasteiger partial charge is 0.383 e. The van der Waals surface area contributed by atoms with E-state index in [4.69, 9.17) is 17.3 Å². The third-order valence-electron chi connectivity index (χ3n) is 6.81. The van der Waals surface area contributed by atoms with Gasteiger partial charge in [0, 0.05) is 22.9 Å². The maximum absolute atomic E-state index is 13.5. The number of nitrogens with zero attached hydrogens (tertiary/aromatic N) is 2. The number of carbonyl (C=O) groups is 1. The average molecular weight is 493 g/mol. The summed E-state index contributed by atoms with van der Waals surface area (Å²) in [7, 11) is 1.76. The van der Waals surface area contributed by atoms with E-state index in [9.17, 15) is 9.18 Å². The molecule has 170 valence electrons. The molecule has 0 bridgehead atoms. The van der Waals surface area contributed by atoms with E-state index in [-0.39, 0.29) is 16.8 Å². The number of hydrogen-bond donors (Lipinski definition) is 2. The van der Waals surface area contributed by atoms with Crippen molar-refractivity contribution in [2.45, 2.75) is 38.0 Å². The van der Waals surface area contributed by atoms with E-state index in [1.807, 2.05) is 23.5 Å². The summed E-state index contributed by atoms with van der Waals surface area (Å²) < 4.78 is 16.6. The van der Waals surface area contributed by atoms with Gasteiger partial charge in [-0.15, -0.1) is 23.5 Å². The van der Waals surface area contributed by atoms with E-state index in [0.717, 1.165) is 18.5 Å². The fourth-order valence-electron chi connectivity index (χ4n) is 5.30. The lowest BCUT2D eigenvalue weighted by Gasteiger charge is -2.17. The van der Waals surface area contributed by atoms with Crippen molar-refractivity contribution in [3.05, 3.63) is 50.1 Å². The molecule has 0 spiro atoms. The van der Waals surface area contributed by atoms with Crippen molar-refractivity contribution in [3.8, 4) is 0 Å². The van der Waals surface area contributed by atoms with Gasteiger partial charge in [-0.2, -0.15) is 5.10 Å². The molecule has 2 atom stereocenters. The van der Waals surface area contributed by atoms with Crippen LogP contribution in [0.5, 0.6) is 0 Å². The van der Waals surface area contributed by atoms with Crippen LogP contribution in [0.4, 0.5) is 15.9 Å². The Morgan fingerprint density at radius 1 is 1.25 bits per heavy atom. The van der Waals surface area contributed by atoms with E-state index >= 15 is 0 Å². The second kappa shape index (κ2) is 8.95. The van der Waals surface area contributed by atoms with E-state index in [2.05, 4.69) is 10.4 Å². The molecule has 32 heavy (non-hydrogen) atoms. The minimum atomic E-state index is -0.525. The molecule has 5 rings (SSSR count). The first kappa shape index (κ1) is 22.2. The Labute approximate surface area is 200 Å². The predicted octanol–water partition coefficient (Wildman–Crippen LogP) is 6.03. The lowest BCUT2D eigenvalue weighted by Crippen LogP contribution is -2.16. The van der Waals surface area contributed by atoms with Gasteiger partial charge in [0.05, 0.1) is 10.7 Å². The zero-order valence-corrected chi connectivity index (χ0v) is 20.3. The van der Waals surface area contributed by atoms with Crippen LogP contribution in [0, 0.1) is 17.7 Å². The topological polar surface area (TPSA) is 72.9 Å². The second-order valence-electron chi connectivity index (χ2n) is 8.89. The van der Waals surface area contributed by atoms with Gasteiger partial charge in [-0.1, -0.05) is 11.6 Å². The standard InChI is InChI=1S/C23H26ClFN4OS2/c1-29-21(26)19(22(30)27-16-3-4-18(25)17(24)11-16)20(28-29)14-7-12-9-15(10-13(12)8-14)23-31-5-2-6-32-23/h3-4,11-14H,2,5-10,26H2,1H3,(H,27,30). The summed E-state index contributed by atoms with van der Waals surface area (Å²) in [6.07, 6.45) is 5.73. The summed E-state index contributed by atoms with van der Waals surface area (Å²) in [6.45, 7) is 0. The second-order valence-corrected chi connectivity index (χ2v) is 11.8. The Morgan fingerprint density at radius 3 is 2.59 bits per heavy atom. The van der Waals surface area contributed by atoms with Crippen molar-refractivity contribution >= 4 is 52.5 Å². The van der Waals surface area contributed by atoms with Crippen LogP contribution in [0.15, 0.2) is 28.0 Å². The van der Waals surface area contributed by atoms with Crippen LogP contribution in [-0.4, -0.2) is 27.2 Å². The van der Waals surface area contributed by atoms with Crippen LogP contribution in [0.2, 0.25) is 5.02 Å². The van der Waals surface area contributed by atoms with Crippen molar-refractivity contribution in [3.63, 3.8) is 0 Å². The summed E-state index contributed by atoms with van der Waals surface area (Å²) in [5.74, 6) is 3.51. The number of halogens is 2. The number of nitrogens with one attached hydrogen (secondary N) is 1. The summed E-state index contributed by atoms with van der Waals surface area (Å²) in [6, 6.07) is 4.12. The molecule has 3 N–H and O–H groups in total. The fraction of sp³-hybridized carbons (Fsp3) is 0.478. The van der Waals surface area contributed by atoms with Crippen LogP contribution in [0.3, 0.4) is 0 Å². The van der Waals surface area contributed by atoms with Crippen LogP contribution < -0.4 is 11.1 Å². The van der Waals surface area contributed by atoms with Crippen molar-refractivity contribution in [1.82, 2.24) is 9.78 Å². The highest BCUT2D eigenvalue weighted by molar-refractivity contribution is 8.22. The molecule has 1 aliphatic heterocycles. The van der Waals surface area contributed by atoms with Crippen molar-refractivity contribution in [1.29, 1.82) is 0 Å². The highest BCUT2D eigenvalue weighted by Gasteiger charge is 2.43. The van der Waals surface area contributed by atoms with Gasteiger partial charge >= 0.3 is 0 Å². The molecule has 2 aliphatic carbocycles. The lowest BCUT2D eigenvalue weighted by molar-refractivity contribution is 0.102. The van der Waals surface area contributed by atoms with Gasteiger partial charge in [0.25, 0.3) is 5.91 Å². The molecule has 2 aromatic rings. The van der Waals surface area contributed by atoms with Gasteiger partial charge in [0.15, 0.2) is 0 Å². The van der Waals surface area contributed by atoms with Crippen molar-refractivity contribution in [2.24, 2.45) is 18.9 Å². The molecule has 1 aromatic heterocycles. The highest BCUT2D eigenvalue weighted by atomic mass is 35.5. The molecule has 5 nitrogen and oxygen atoms in total. The van der Waals surface area contributed by atoms with Gasteiger partial charge < -0.3 is 11.1 Å². The molecule has 1 saturated heterocycles. The number of benzene rings is 1. The monoisotopic (exact) mass is 492 g/mol. The number of carbonyl (C=O) groups excluding carboxylic acids is 1. The summed E-state index contributed by atoms with van der Waals surface area (Å²) in [5.41, 5.74) is 9.54. The van der Waals surface area contributed by atoms with Gasteiger partial charge in [-0.25, -0.2) is 4.39 Å². The first-order chi connectivity index (χ1) is 15.4. The van der Waals surface area contributed by atoms with Crippen LogP contribution in [-0.2, 0) is 7.05 Å². The SMILES string of the molecule is Cn1nc(C2CC3CC(=C4SCCCS4)CC3C2)c(C(=O)Nc2ccc(F)c(Cl)c2)c1N. The number of nitrogen functional groups attached to an aromatic ring is 1. The Bertz CT molecular complexity index is 1080. The molecule has 1 amide bonds. The Balaban J connectivity index is 1.34. The highest BCUT2D eigenvalue weighted by Crippen LogP contribution is 2.55. The molecule has 3 fully saturated rings. The number of anilines is 2. The molecule has 2 saturated carbocycles. The van der Waals surface area contributed by atoms with Crippen molar-refractivity contribution in [2.75, 3.05) is 22.6 Å². The zero-order valence-electron chi connectivity index (χ0n) is 17.9. The normalized spacial score (nSPS) is 25.3. The van der Waals surface area contributed by atoms with Gasteiger partial charge in [-0.05, 0) is 79.2 Å². The number of fused-ring (bicyclic) bond motifs is 1. The Kier molecular flexibility index (Phi) is 6.20. The maximum atomic E-state index is 13.5. The molecule has 2 unspecified atom stereocenters. The predicted molar refractivity (Wildman–Crippen MR) is 132 cm³/mol. The van der Waals surface area contributed by atoms with Gasteiger partial charge in [0.1, 0.15) is 17.2 Å². The Hall–Kier alpha value is -1.64. The minimum absolute atomic E-state index is 0.0370. The number of aryl methyl sites for hydroxylation is 1. The van der Waals surface area contributed by atoms with E-state index in [1.165, 1.54) is 49.0 Å². The number of amides is 1. The number of rotatable bonds is 3. The maximum Gasteiger partial charge on any atom is 0.261 e. The molecule has 2 heterocycles. The molecule has 3 aliphatic rings. The van der Waals surface area contributed by atoms with Crippen LogP contribution >= 0.6 is 35.1 Å². The van der Waals surface area contributed by atoms with Crippen LogP contribution in [0.25, 0.3) is 0 Å². The fourth-order valence-corrected chi connectivity index (χ4v) is 8.18. The lowest BCUT2D eigenvalue weighted by atomic mass is 9.95. The van der Waals surface area contributed by atoms with Gasteiger partial charge in [-0.3, -0.25) is 9.48 Å². The molecule has 1 aromatic carbocycles. The first-order valence-corrected chi connectivity index (χ1v) is 13.3. The van der Waals surface area contributed by atoms with E-state index in [0.29, 0.717) is 28.9 Å². The van der Waals surface area contributed by atoms with Crippen molar-refractivity contribution < 1.29 is 9.18 Å². The summed E-state index contributed by atoms with van der Waals surface area (Å²) in [5, 5.41) is 7.42. The van der Waals surface area contributed by atoms with Gasteiger partial charge in [0.2, 0.25) is 0 Å². The number of hydrogen-bond acceptors (Lipinski definition) is 5. The molecular formula is C23H26ClFN4OS2. The number of nitrogens with two attached hydrogens (primary N) is 1. The number of thioether (sulfide) groups is 2.